The number of halogens is 1. The molecule has 0 aliphatic carbocycles. The number of anilines is 1. The van der Waals surface area contributed by atoms with Gasteiger partial charge in [-0.2, -0.15) is 0 Å². The maximum Gasteiger partial charge on any atom is 0.490 e. The molecule has 2 aromatic rings. The number of aromatic hydroxyl groups is 1. The normalized spacial score (nSPS) is 9.47. The zero-order chi connectivity index (χ0) is 14.4. The Balaban J connectivity index is 0.000000191. The van der Waals surface area contributed by atoms with E-state index in [-0.39, 0.29) is 0 Å². The van der Waals surface area contributed by atoms with Crippen LogP contribution in [-0.2, 0) is 0 Å². The minimum Gasteiger partial charge on any atom is -0.508 e. The summed E-state index contributed by atoms with van der Waals surface area (Å²) in [5.41, 5.74) is 6.96. The van der Waals surface area contributed by atoms with Crippen molar-refractivity contribution in [1.82, 2.24) is 0 Å². The second-order valence-corrected chi connectivity index (χ2v) is 4.37. The van der Waals surface area contributed by atoms with Crippen molar-refractivity contribution < 1.29 is 15.2 Å². The monoisotopic (exact) mass is 279 g/mol. The van der Waals surface area contributed by atoms with Gasteiger partial charge in [0.2, 0.25) is 0 Å². The van der Waals surface area contributed by atoms with Gasteiger partial charge in [0.05, 0.1) is 0 Å². The molecule has 0 saturated heterocycles. The molecule has 0 fully saturated rings. The van der Waals surface area contributed by atoms with Gasteiger partial charge in [-0.25, -0.2) is 0 Å². The average Bonchev–Trinajstić information content (AvgIpc) is 2.35. The summed E-state index contributed by atoms with van der Waals surface area (Å²) >= 11 is 5.61. The Hall–Kier alpha value is -1.69. The Morgan fingerprint density at radius 1 is 1.11 bits per heavy atom. The number of hydrogen-bond acceptors (Lipinski definition) is 4. The van der Waals surface area contributed by atoms with E-state index in [2.05, 4.69) is 0 Å². The molecule has 0 heterocycles. The van der Waals surface area contributed by atoms with E-state index >= 15 is 0 Å². The van der Waals surface area contributed by atoms with Crippen LogP contribution in [0.1, 0.15) is 5.56 Å². The molecule has 100 valence electrons. The molecule has 0 aromatic heterocycles. The number of aryl methyl sites for hydroxylation is 1. The van der Waals surface area contributed by atoms with E-state index in [1.807, 2.05) is 0 Å². The van der Waals surface area contributed by atoms with Crippen molar-refractivity contribution in [2.24, 2.45) is 0 Å². The first-order valence-electron chi connectivity index (χ1n) is 5.57. The first-order valence-corrected chi connectivity index (χ1v) is 5.95. The zero-order valence-electron chi connectivity index (χ0n) is 10.4. The van der Waals surface area contributed by atoms with Gasteiger partial charge in [-0.05, 0) is 36.8 Å². The molecular formula is C13H15BClNO3. The first-order chi connectivity index (χ1) is 8.91. The Morgan fingerprint density at radius 2 is 1.74 bits per heavy atom. The zero-order valence-corrected chi connectivity index (χ0v) is 11.2. The highest BCUT2D eigenvalue weighted by Gasteiger charge is 2.12. The van der Waals surface area contributed by atoms with Crippen LogP contribution >= 0.6 is 11.6 Å². The maximum absolute atomic E-state index is 8.99. The van der Waals surface area contributed by atoms with Crippen molar-refractivity contribution in [3.8, 4) is 5.75 Å². The van der Waals surface area contributed by atoms with Crippen molar-refractivity contribution in [3.05, 3.63) is 53.1 Å². The van der Waals surface area contributed by atoms with Crippen molar-refractivity contribution in [1.29, 1.82) is 0 Å². The Labute approximate surface area is 117 Å². The van der Waals surface area contributed by atoms with E-state index in [1.165, 1.54) is 0 Å². The molecule has 0 bridgehead atoms. The molecular weight excluding hydrogens is 264 g/mol. The summed E-state index contributed by atoms with van der Waals surface area (Å²) in [6.45, 7) is 1.81. The topological polar surface area (TPSA) is 86.7 Å². The second-order valence-electron chi connectivity index (χ2n) is 3.93. The van der Waals surface area contributed by atoms with Crippen molar-refractivity contribution in [2.75, 3.05) is 5.73 Å². The van der Waals surface area contributed by atoms with E-state index in [9.17, 15) is 0 Å². The van der Waals surface area contributed by atoms with E-state index in [0.29, 0.717) is 21.9 Å². The van der Waals surface area contributed by atoms with Gasteiger partial charge in [-0.3, -0.25) is 0 Å². The van der Waals surface area contributed by atoms with Gasteiger partial charge in [0.15, 0.2) is 0 Å². The van der Waals surface area contributed by atoms with Gasteiger partial charge in [0, 0.05) is 16.2 Å². The number of phenolic OH excluding ortho intramolecular Hbond substituents is 1. The number of hydrogen-bond donors (Lipinski definition) is 4. The molecule has 19 heavy (non-hydrogen) atoms. The van der Waals surface area contributed by atoms with Gasteiger partial charge >= 0.3 is 7.12 Å². The minimum atomic E-state index is -1.47. The molecule has 2 rings (SSSR count). The molecule has 0 atom stereocenters. The SMILES string of the molecule is Cc1cc(Cl)ccc1O.Nc1ccccc1B(O)O. The summed E-state index contributed by atoms with van der Waals surface area (Å²) in [5, 5.41) is 27.0. The Bertz CT molecular complexity index is 549. The number of para-hydroxylation sites is 1. The fourth-order valence-electron chi connectivity index (χ4n) is 1.36. The number of nitrogens with two attached hydrogens (primary N) is 1. The summed E-state index contributed by atoms with van der Waals surface area (Å²) in [5.74, 6) is 0.291. The molecule has 0 radical (unpaired) electrons. The van der Waals surface area contributed by atoms with Crippen LogP contribution in [0, 0.1) is 6.92 Å². The summed E-state index contributed by atoms with van der Waals surface area (Å²) < 4.78 is 0. The van der Waals surface area contributed by atoms with Gasteiger partial charge in [0.1, 0.15) is 5.75 Å². The van der Waals surface area contributed by atoms with E-state index in [0.717, 1.165) is 5.56 Å². The quantitative estimate of drug-likeness (QED) is 0.468. The fourth-order valence-corrected chi connectivity index (χ4v) is 1.59. The van der Waals surface area contributed by atoms with Crippen LogP contribution in [-0.4, -0.2) is 22.3 Å². The van der Waals surface area contributed by atoms with Crippen LogP contribution in [0.3, 0.4) is 0 Å². The van der Waals surface area contributed by atoms with Crippen molar-refractivity contribution in [3.63, 3.8) is 0 Å². The summed E-state index contributed by atoms with van der Waals surface area (Å²) in [7, 11) is -1.47. The van der Waals surface area contributed by atoms with E-state index in [4.69, 9.17) is 32.5 Å². The van der Waals surface area contributed by atoms with Gasteiger partial charge < -0.3 is 20.9 Å². The average molecular weight is 280 g/mol. The number of rotatable bonds is 1. The summed E-state index contributed by atoms with van der Waals surface area (Å²) in [6.07, 6.45) is 0. The molecule has 0 aliphatic rings. The molecule has 0 spiro atoms. The third-order valence-electron chi connectivity index (χ3n) is 2.43. The molecule has 0 saturated carbocycles. The number of phenols is 1. The van der Waals surface area contributed by atoms with Crippen LogP contribution in [0.15, 0.2) is 42.5 Å². The molecule has 2 aromatic carbocycles. The standard InChI is InChI=1S/C7H7ClO.C6H8BNO2/c1-5-4-6(8)2-3-7(5)9;8-6-4-2-1-3-5(6)7(9)10/h2-4,9H,1H3;1-4,9-10H,8H2. The van der Waals surface area contributed by atoms with E-state index < -0.39 is 7.12 Å². The molecule has 0 unspecified atom stereocenters. The smallest absolute Gasteiger partial charge is 0.490 e. The maximum atomic E-state index is 8.99. The molecule has 4 nitrogen and oxygen atoms in total. The molecule has 0 amide bonds. The van der Waals surface area contributed by atoms with Crippen molar-refractivity contribution in [2.45, 2.75) is 6.92 Å². The van der Waals surface area contributed by atoms with Crippen LogP contribution in [0.5, 0.6) is 5.75 Å². The number of nitrogen functional groups attached to an aromatic ring is 1. The lowest BCUT2D eigenvalue weighted by Gasteiger charge is -2.01. The fraction of sp³-hybridized carbons (Fsp3) is 0.0769. The largest absolute Gasteiger partial charge is 0.508 e. The molecule has 6 heteroatoms. The van der Waals surface area contributed by atoms with E-state index in [1.54, 1.807) is 49.4 Å². The lowest BCUT2D eigenvalue weighted by atomic mass is 9.79. The second kappa shape index (κ2) is 7.04. The van der Waals surface area contributed by atoms with Crippen LogP contribution in [0.2, 0.25) is 5.02 Å². The van der Waals surface area contributed by atoms with Gasteiger partial charge in [-0.1, -0.05) is 29.8 Å². The van der Waals surface area contributed by atoms with Gasteiger partial charge in [0.25, 0.3) is 0 Å². The highest BCUT2D eigenvalue weighted by atomic mass is 35.5. The lowest BCUT2D eigenvalue weighted by molar-refractivity contribution is 0.426. The van der Waals surface area contributed by atoms with Crippen LogP contribution in [0.25, 0.3) is 0 Å². The third-order valence-corrected chi connectivity index (χ3v) is 2.67. The predicted molar refractivity (Wildman–Crippen MR) is 78.5 cm³/mol. The summed E-state index contributed by atoms with van der Waals surface area (Å²) in [4.78, 5) is 0. The minimum absolute atomic E-state index is 0.291. The van der Waals surface area contributed by atoms with Gasteiger partial charge in [-0.15, -0.1) is 0 Å². The highest BCUT2D eigenvalue weighted by Crippen LogP contribution is 2.19. The predicted octanol–water partition coefficient (Wildman–Crippen LogP) is 1.30. The summed E-state index contributed by atoms with van der Waals surface area (Å²) in [6, 6.07) is 11.6. The van der Waals surface area contributed by atoms with Crippen molar-refractivity contribution >= 4 is 29.9 Å². The highest BCUT2D eigenvalue weighted by molar-refractivity contribution is 6.60. The Morgan fingerprint density at radius 3 is 2.16 bits per heavy atom. The first kappa shape index (κ1) is 15.4. The Kier molecular flexibility index (Phi) is 5.70. The van der Waals surface area contributed by atoms with Crippen LogP contribution < -0.4 is 11.2 Å². The third kappa shape index (κ3) is 4.83. The molecule has 5 N–H and O–H groups in total. The molecule has 0 aliphatic heterocycles. The van der Waals surface area contributed by atoms with Crippen LogP contribution in [0.4, 0.5) is 5.69 Å². The number of benzene rings is 2. The lowest BCUT2D eigenvalue weighted by Crippen LogP contribution is -2.31.